The Morgan fingerprint density at radius 2 is 1.14 bits per heavy atom. The molecule has 0 radical (unpaired) electrons. The summed E-state index contributed by atoms with van der Waals surface area (Å²) >= 11 is 0. The Labute approximate surface area is 119 Å². The van der Waals surface area contributed by atoms with Crippen molar-refractivity contribution in [3.8, 4) is 0 Å². The standard InChI is InChI=1S/C15H12F2N4/c1-15(2)20-13-5-11-12(6-14(13)21-15)19-10-4-8(17)7(16)3-9(10)18-11/h3-6,20-21H,1-2H3. The first-order valence-electron chi connectivity index (χ1n) is 6.58. The Morgan fingerprint density at radius 3 is 1.57 bits per heavy atom. The van der Waals surface area contributed by atoms with Crippen LogP contribution in [0.25, 0.3) is 22.1 Å². The summed E-state index contributed by atoms with van der Waals surface area (Å²) in [6, 6.07) is 5.86. The van der Waals surface area contributed by atoms with Crippen molar-refractivity contribution in [1.29, 1.82) is 0 Å². The summed E-state index contributed by atoms with van der Waals surface area (Å²) in [5, 5.41) is 6.64. The van der Waals surface area contributed by atoms with Crippen LogP contribution >= 0.6 is 0 Å². The molecule has 2 aromatic carbocycles. The van der Waals surface area contributed by atoms with Gasteiger partial charge >= 0.3 is 0 Å². The molecule has 0 saturated heterocycles. The second-order valence-electron chi connectivity index (χ2n) is 5.74. The van der Waals surface area contributed by atoms with Crippen molar-refractivity contribution < 1.29 is 8.78 Å². The molecule has 0 saturated carbocycles. The van der Waals surface area contributed by atoms with Crippen LogP contribution in [0.2, 0.25) is 0 Å². The van der Waals surface area contributed by atoms with Gasteiger partial charge in [-0.05, 0) is 26.0 Å². The average molecular weight is 286 g/mol. The maximum absolute atomic E-state index is 13.3. The molecule has 2 heterocycles. The number of nitrogens with zero attached hydrogens (tertiary/aromatic N) is 2. The topological polar surface area (TPSA) is 49.8 Å². The quantitative estimate of drug-likeness (QED) is 0.620. The highest BCUT2D eigenvalue weighted by Crippen LogP contribution is 2.36. The van der Waals surface area contributed by atoms with E-state index in [9.17, 15) is 8.78 Å². The molecule has 2 N–H and O–H groups in total. The summed E-state index contributed by atoms with van der Waals surface area (Å²) < 4.78 is 26.6. The van der Waals surface area contributed by atoms with E-state index >= 15 is 0 Å². The number of hydrogen-bond acceptors (Lipinski definition) is 4. The Balaban J connectivity index is 2.00. The van der Waals surface area contributed by atoms with Crippen molar-refractivity contribution >= 4 is 33.4 Å². The predicted molar refractivity (Wildman–Crippen MR) is 78.3 cm³/mol. The van der Waals surface area contributed by atoms with Gasteiger partial charge in [-0.3, -0.25) is 0 Å². The molecule has 0 fully saturated rings. The SMILES string of the molecule is CC1(C)Nc2cc3nc4cc(F)c(F)cc4nc3cc2N1. The van der Waals surface area contributed by atoms with Gasteiger partial charge in [-0.25, -0.2) is 18.7 Å². The van der Waals surface area contributed by atoms with Crippen LogP contribution in [-0.4, -0.2) is 15.6 Å². The van der Waals surface area contributed by atoms with Gasteiger partial charge in [0.2, 0.25) is 0 Å². The monoisotopic (exact) mass is 286 g/mol. The minimum absolute atomic E-state index is 0.253. The van der Waals surface area contributed by atoms with Crippen molar-refractivity contribution in [2.75, 3.05) is 10.6 Å². The van der Waals surface area contributed by atoms with Gasteiger partial charge in [0.25, 0.3) is 0 Å². The molecule has 4 rings (SSSR count). The van der Waals surface area contributed by atoms with Gasteiger partial charge in [0.15, 0.2) is 11.6 Å². The Hall–Kier alpha value is -2.50. The molecule has 0 unspecified atom stereocenters. The van der Waals surface area contributed by atoms with E-state index in [-0.39, 0.29) is 5.66 Å². The van der Waals surface area contributed by atoms with Gasteiger partial charge in [-0.15, -0.1) is 0 Å². The van der Waals surface area contributed by atoms with E-state index in [2.05, 4.69) is 20.6 Å². The van der Waals surface area contributed by atoms with E-state index in [1.54, 1.807) is 0 Å². The second-order valence-corrected chi connectivity index (χ2v) is 5.74. The van der Waals surface area contributed by atoms with E-state index < -0.39 is 11.6 Å². The van der Waals surface area contributed by atoms with Gasteiger partial charge in [-0.1, -0.05) is 0 Å². The van der Waals surface area contributed by atoms with Gasteiger partial charge < -0.3 is 10.6 Å². The van der Waals surface area contributed by atoms with Crippen LogP contribution in [0.3, 0.4) is 0 Å². The van der Waals surface area contributed by atoms with Crippen LogP contribution in [0.5, 0.6) is 0 Å². The molecule has 1 aliphatic rings. The summed E-state index contributed by atoms with van der Waals surface area (Å²) in [6.45, 7) is 4.03. The second kappa shape index (κ2) is 3.78. The minimum Gasteiger partial charge on any atom is -0.362 e. The summed E-state index contributed by atoms with van der Waals surface area (Å²) in [6.07, 6.45) is 0. The highest BCUT2D eigenvalue weighted by Gasteiger charge is 2.26. The van der Waals surface area contributed by atoms with Gasteiger partial charge in [-0.2, -0.15) is 0 Å². The van der Waals surface area contributed by atoms with Crippen molar-refractivity contribution in [3.05, 3.63) is 35.9 Å². The molecule has 106 valence electrons. The molecule has 4 nitrogen and oxygen atoms in total. The van der Waals surface area contributed by atoms with E-state index in [0.29, 0.717) is 22.1 Å². The van der Waals surface area contributed by atoms with Crippen LogP contribution in [-0.2, 0) is 0 Å². The van der Waals surface area contributed by atoms with E-state index in [1.165, 1.54) is 0 Å². The zero-order valence-corrected chi connectivity index (χ0v) is 11.5. The summed E-state index contributed by atoms with van der Waals surface area (Å²) in [5.41, 5.74) is 3.54. The first-order chi connectivity index (χ1) is 9.91. The van der Waals surface area contributed by atoms with Crippen LogP contribution in [0.15, 0.2) is 24.3 Å². The number of rotatable bonds is 0. The highest BCUT2D eigenvalue weighted by atomic mass is 19.2. The predicted octanol–water partition coefficient (Wildman–Crippen LogP) is 3.63. The number of benzene rings is 2. The molecule has 1 aromatic heterocycles. The van der Waals surface area contributed by atoms with Gasteiger partial charge in [0, 0.05) is 12.1 Å². The van der Waals surface area contributed by atoms with Crippen molar-refractivity contribution in [2.24, 2.45) is 0 Å². The van der Waals surface area contributed by atoms with E-state index in [1.807, 2.05) is 26.0 Å². The number of fused-ring (bicyclic) bond motifs is 3. The number of hydrogen-bond donors (Lipinski definition) is 2. The number of nitrogens with one attached hydrogen (secondary N) is 2. The third-order valence-electron chi connectivity index (χ3n) is 3.51. The summed E-state index contributed by atoms with van der Waals surface area (Å²) in [4.78, 5) is 8.74. The van der Waals surface area contributed by atoms with Crippen LogP contribution in [0.4, 0.5) is 20.2 Å². The normalized spacial score (nSPS) is 15.8. The van der Waals surface area contributed by atoms with Gasteiger partial charge in [0.1, 0.15) is 5.66 Å². The lowest BCUT2D eigenvalue weighted by Crippen LogP contribution is -2.33. The molecule has 6 heteroatoms. The number of halogens is 2. The zero-order chi connectivity index (χ0) is 14.8. The lowest BCUT2D eigenvalue weighted by molar-refractivity contribution is 0.510. The summed E-state index contributed by atoms with van der Waals surface area (Å²) in [5.74, 6) is -1.84. The van der Waals surface area contributed by atoms with Crippen LogP contribution in [0, 0.1) is 11.6 Å². The minimum atomic E-state index is -0.918. The lowest BCUT2D eigenvalue weighted by atomic mass is 10.2. The molecular formula is C15H12F2N4. The fourth-order valence-corrected chi connectivity index (χ4v) is 2.63. The van der Waals surface area contributed by atoms with Crippen molar-refractivity contribution in [3.63, 3.8) is 0 Å². The molecule has 0 atom stereocenters. The molecular weight excluding hydrogens is 274 g/mol. The Kier molecular flexibility index (Phi) is 2.21. The van der Waals surface area contributed by atoms with Crippen molar-refractivity contribution in [2.45, 2.75) is 19.5 Å². The molecule has 1 aliphatic heterocycles. The maximum Gasteiger partial charge on any atom is 0.161 e. The lowest BCUT2D eigenvalue weighted by Gasteiger charge is -2.19. The smallest absolute Gasteiger partial charge is 0.161 e. The van der Waals surface area contributed by atoms with Gasteiger partial charge in [0.05, 0.1) is 33.4 Å². The van der Waals surface area contributed by atoms with E-state index in [4.69, 9.17) is 0 Å². The molecule has 0 bridgehead atoms. The number of anilines is 2. The molecule has 21 heavy (non-hydrogen) atoms. The fraction of sp³-hybridized carbons (Fsp3) is 0.200. The Bertz CT molecular complexity index is 833. The van der Waals surface area contributed by atoms with Crippen LogP contribution < -0.4 is 10.6 Å². The largest absolute Gasteiger partial charge is 0.362 e. The third-order valence-corrected chi connectivity index (χ3v) is 3.51. The summed E-state index contributed by atoms with van der Waals surface area (Å²) in [7, 11) is 0. The molecule has 0 amide bonds. The van der Waals surface area contributed by atoms with E-state index in [0.717, 1.165) is 23.5 Å². The fourth-order valence-electron chi connectivity index (χ4n) is 2.63. The Morgan fingerprint density at radius 1 is 0.762 bits per heavy atom. The molecule has 0 aliphatic carbocycles. The zero-order valence-electron chi connectivity index (χ0n) is 11.5. The first kappa shape index (κ1) is 12.3. The molecule has 3 aromatic rings. The maximum atomic E-state index is 13.3. The number of aromatic nitrogens is 2. The van der Waals surface area contributed by atoms with Crippen molar-refractivity contribution in [1.82, 2.24) is 9.97 Å². The highest BCUT2D eigenvalue weighted by molar-refractivity contribution is 5.94. The average Bonchev–Trinajstić information content (AvgIpc) is 2.68. The third kappa shape index (κ3) is 1.86. The van der Waals surface area contributed by atoms with Crippen LogP contribution in [0.1, 0.15) is 13.8 Å². The first-order valence-corrected chi connectivity index (χ1v) is 6.58. The molecule has 0 spiro atoms.